The molecule has 6 nitrogen and oxygen atoms in total. The summed E-state index contributed by atoms with van der Waals surface area (Å²) < 4.78 is 1.41. The van der Waals surface area contributed by atoms with Crippen LogP contribution in [0.5, 0.6) is 0 Å². The molecule has 3 N–H and O–H groups in total. The smallest absolute Gasteiger partial charge is 0.360 e. The first kappa shape index (κ1) is 9.50. The van der Waals surface area contributed by atoms with Crippen LogP contribution in [0, 0.1) is 0 Å². The Hall–Kier alpha value is -1.59. The first-order valence-electron chi connectivity index (χ1n) is 4.09. The molecule has 0 spiro atoms. The summed E-state index contributed by atoms with van der Waals surface area (Å²) in [5, 5.41) is 15.7. The monoisotopic (exact) mass is 184 g/mol. The van der Waals surface area contributed by atoms with Gasteiger partial charge in [-0.2, -0.15) is 0 Å². The first-order chi connectivity index (χ1) is 6.16. The van der Waals surface area contributed by atoms with Gasteiger partial charge in [-0.3, -0.25) is 0 Å². The Morgan fingerprint density at radius 2 is 2.38 bits per heavy atom. The van der Waals surface area contributed by atoms with Gasteiger partial charge in [0.2, 0.25) is 5.69 Å². The summed E-state index contributed by atoms with van der Waals surface area (Å²) in [6.07, 6.45) is 1.91. The number of hydrogen-bond donors (Lipinski definition) is 2. The van der Waals surface area contributed by atoms with Crippen LogP contribution in [0.25, 0.3) is 0 Å². The van der Waals surface area contributed by atoms with Gasteiger partial charge in [0, 0.05) is 6.54 Å². The number of carboxylic acids is 1. The Balaban J connectivity index is 2.80. The van der Waals surface area contributed by atoms with Crippen LogP contribution in [0.2, 0.25) is 0 Å². The predicted octanol–water partition coefficient (Wildman–Crippen LogP) is 0.359. The minimum Gasteiger partial charge on any atom is -0.476 e. The molecule has 1 rings (SSSR count). The highest BCUT2D eigenvalue weighted by molar-refractivity contribution is 5.90. The molecule has 0 aromatic carbocycles. The van der Waals surface area contributed by atoms with Crippen molar-refractivity contribution in [3.8, 4) is 0 Å². The fourth-order valence-corrected chi connectivity index (χ4v) is 0.946. The molecule has 72 valence electrons. The number of carbonyl (C=O) groups is 1. The van der Waals surface area contributed by atoms with E-state index in [4.69, 9.17) is 10.8 Å². The van der Waals surface area contributed by atoms with Crippen LogP contribution in [0.1, 0.15) is 30.3 Å². The lowest BCUT2D eigenvalue weighted by molar-refractivity contribution is 0.0691. The molecule has 6 heteroatoms. The van der Waals surface area contributed by atoms with E-state index in [1.807, 2.05) is 6.92 Å². The molecular weight excluding hydrogens is 172 g/mol. The summed E-state index contributed by atoms with van der Waals surface area (Å²) >= 11 is 0. The van der Waals surface area contributed by atoms with Crippen molar-refractivity contribution < 1.29 is 9.90 Å². The lowest BCUT2D eigenvalue weighted by Crippen LogP contribution is -2.07. The molecule has 0 saturated heterocycles. The minimum atomic E-state index is -1.14. The van der Waals surface area contributed by atoms with Gasteiger partial charge in [-0.25, -0.2) is 9.48 Å². The quantitative estimate of drug-likeness (QED) is 0.704. The highest BCUT2D eigenvalue weighted by Gasteiger charge is 2.15. The van der Waals surface area contributed by atoms with E-state index in [0.717, 1.165) is 12.8 Å². The van der Waals surface area contributed by atoms with Crippen molar-refractivity contribution in [3.05, 3.63) is 5.69 Å². The highest BCUT2D eigenvalue weighted by atomic mass is 16.4. The number of aromatic carboxylic acids is 1. The van der Waals surface area contributed by atoms with E-state index in [0.29, 0.717) is 6.54 Å². The summed E-state index contributed by atoms with van der Waals surface area (Å²) in [4.78, 5) is 10.5. The molecule has 0 saturated carbocycles. The van der Waals surface area contributed by atoms with E-state index in [2.05, 4.69) is 10.3 Å². The average molecular weight is 184 g/mol. The molecule has 0 aliphatic rings. The van der Waals surface area contributed by atoms with Crippen molar-refractivity contribution in [2.45, 2.75) is 26.3 Å². The second-order valence-electron chi connectivity index (χ2n) is 2.71. The van der Waals surface area contributed by atoms with E-state index in [9.17, 15) is 4.79 Å². The third-order valence-electron chi connectivity index (χ3n) is 1.70. The molecule has 0 fully saturated rings. The number of hydrogen-bond acceptors (Lipinski definition) is 4. The molecule has 0 aliphatic heterocycles. The molecule has 0 unspecified atom stereocenters. The molecule has 0 aliphatic carbocycles. The number of aromatic nitrogens is 3. The number of nitrogens with zero attached hydrogens (tertiary/aromatic N) is 3. The van der Waals surface area contributed by atoms with Gasteiger partial charge in [-0.05, 0) is 6.42 Å². The molecule has 0 amide bonds. The van der Waals surface area contributed by atoms with Gasteiger partial charge in [0.15, 0.2) is 5.82 Å². The minimum absolute atomic E-state index is 0.126. The largest absolute Gasteiger partial charge is 0.476 e. The second-order valence-corrected chi connectivity index (χ2v) is 2.71. The zero-order chi connectivity index (χ0) is 9.84. The van der Waals surface area contributed by atoms with Crippen LogP contribution in [-0.2, 0) is 6.54 Å². The van der Waals surface area contributed by atoms with Crippen molar-refractivity contribution >= 4 is 11.8 Å². The van der Waals surface area contributed by atoms with Crippen molar-refractivity contribution in [2.24, 2.45) is 0 Å². The summed E-state index contributed by atoms with van der Waals surface area (Å²) in [6, 6.07) is 0. The predicted molar refractivity (Wildman–Crippen MR) is 46.3 cm³/mol. The van der Waals surface area contributed by atoms with E-state index in [1.54, 1.807) is 0 Å². The zero-order valence-corrected chi connectivity index (χ0v) is 7.40. The lowest BCUT2D eigenvalue weighted by atomic mass is 10.3. The van der Waals surface area contributed by atoms with Crippen LogP contribution in [0.3, 0.4) is 0 Å². The van der Waals surface area contributed by atoms with E-state index >= 15 is 0 Å². The van der Waals surface area contributed by atoms with E-state index < -0.39 is 5.97 Å². The normalized spacial score (nSPS) is 10.2. The summed E-state index contributed by atoms with van der Waals surface area (Å²) in [5.41, 5.74) is 5.33. The van der Waals surface area contributed by atoms with Gasteiger partial charge in [-0.1, -0.05) is 18.6 Å². The summed E-state index contributed by atoms with van der Waals surface area (Å²) in [5.74, 6) is -1.01. The Bertz CT molecular complexity index is 307. The SMILES string of the molecule is CCCCn1nnc(C(=O)O)c1N. The Labute approximate surface area is 75.3 Å². The standard InChI is InChI=1S/C7H12N4O2/c1-2-3-4-11-6(8)5(7(12)13)9-10-11/h2-4,8H2,1H3,(H,12,13). The maximum Gasteiger partial charge on any atom is 0.360 e. The number of rotatable bonds is 4. The average Bonchev–Trinajstić information content (AvgIpc) is 2.43. The number of nitrogens with two attached hydrogens (primary N) is 1. The molecule has 0 bridgehead atoms. The van der Waals surface area contributed by atoms with Crippen LogP contribution >= 0.6 is 0 Å². The van der Waals surface area contributed by atoms with Gasteiger partial charge < -0.3 is 10.8 Å². The number of aryl methyl sites for hydroxylation is 1. The third-order valence-corrected chi connectivity index (χ3v) is 1.70. The molecule has 1 heterocycles. The maximum atomic E-state index is 10.5. The van der Waals surface area contributed by atoms with Crippen LogP contribution < -0.4 is 5.73 Å². The highest BCUT2D eigenvalue weighted by Crippen LogP contribution is 2.08. The van der Waals surface area contributed by atoms with Crippen molar-refractivity contribution in [2.75, 3.05) is 5.73 Å². The van der Waals surface area contributed by atoms with Crippen molar-refractivity contribution in [1.29, 1.82) is 0 Å². The molecular formula is C7H12N4O2. The number of nitrogen functional groups attached to an aromatic ring is 1. The summed E-state index contributed by atoms with van der Waals surface area (Å²) in [7, 11) is 0. The van der Waals surface area contributed by atoms with Crippen molar-refractivity contribution in [3.63, 3.8) is 0 Å². The van der Waals surface area contributed by atoms with Gasteiger partial charge in [0.25, 0.3) is 0 Å². The summed E-state index contributed by atoms with van der Waals surface area (Å²) in [6.45, 7) is 2.65. The maximum absolute atomic E-state index is 10.5. The number of unbranched alkanes of at least 4 members (excludes halogenated alkanes) is 1. The topological polar surface area (TPSA) is 94.0 Å². The Morgan fingerprint density at radius 1 is 1.69 bits per heavy atom. The Kier molecular flexibility index (Phi) is 2.84. The van der Waals surface area contributed by atoms with Crippen LogP contribution in [-0.4, -0.2) is 26.1 Å². The van der Waals surface area contributed by atoms with Crippen LogP contribution in [0.15, 0.2) is 0 Å². The molecule has 0 radical (unpaired) electrons. The fraction of sp³-hybridized carbons (Fsp3) is 0.571. The Morgan fingerprint density at radius 3 is 2.85 bits per heavy atom. The van der Waals surface area contributed by atoms with Gasteiger partial charge in [-0.15, -0.1) is 5.10 Å². The number of carboxylic acid groups (broad SMARTS) is 1. The van der Waals surface area contributed by atoms with Gasteiger partial charge in [0.1, 0.15) is 0 Å². The number of anilines is 1. The van der Waals surface area contributed by atoms with Gasteiger partial charge >= 0.3 is 5.97 Å². The fourth-order valence-electron chi connectivity index (χ4n) is 0.946. The second kappa shape index (κ2) is 3.88. The van der Waals surface area contributed by atoms with Crippen LogP contribution in [0.4, 0.5) is 5.82 Å². The van der Waals surface area contributed by atoms with E-state index in [1.165, 1.54) is 4.68 Å². The molecule has 13 heavy (non-hydrogen) atoms. The lowest BCUT2D eigenvalue weighted by Gasteiger charge is -1.99. The molecule has 0 atom stereocenters. The van der Waals surface area contributed by atoms with E-state index in [-0.39, 0.29) is 11.5 Å². The zero-order valence-electron chi connectivity index (χ0n) is 7.40. The molecule has 1 aromatic heterocycles. The third kappa shape index (κ3) is 1.95. The molecule has 1 aromatic rings. The first-order valence-corrected chi connectivity index (χ1v) is 4.09. The van der Waals surface area contributed by atoms with Crippen molar-refractivity contribution in [1.82, 2.24) is 15.0 Å². The van der Waals surface area contributed by atoms with Gasteiger partial charge in [0.05, 0.1) is 0 Å².